The molecule has 0 aliphatic carbocycles. The Bertz CT molecular complexity index is 827. The van der Waals surface area contributed by atoms with Gasteiger partial charge in [-0.05, 0) is 19.4 Å². The summed E-state index contributed by atoms with van der Waals surface area (Å²) in [6.45, 7) is 3.63. The Kier molecular flexibility index (Phi) is 3.77. The van der Waals surface area contributed by atoms with Crippen LogP contribution in [0.25, 0.3) is 21.3 Å². The molecule has 0 saturated carbocycles. The van der Waals surface area contributed by atoms with Gasteiger partial charge in [-0.2, -0.15) is 0 Å². The van der Waals surface area contributed by atoms with Crippen LogP contribution in [0.3, 0.4) is 0 Å². The zero-order valence-electron chi connectivity index (χ0n) is 12.2. The maximum Gasteiger partial charge on any atom is 0.325 e. The fraction of sp³-hybridized carbons (Fsp3) is 0.188. The summed E-state index contributed by atoms with van der Waals surface area (Å²) in [4.78, 5) is 20.4. The van der Waals surface area contributed by atoms with Crippen molar-refractivity contribution in [2.24, 2.45) is 0 Å². The zero-order chi connectivity index (χ0) is 15.7. The molecule has 0 amide bonds. The Balaban J connectivity index is 2.12. The van der Waals surface area contributed by atoms with E-state index in [0.29, 0.717) is 5.82 Å². The van der Waals surface area contributed by atoms with Crippen LogP contribution in [0.1, 0.15) is 12.5 Å². The first-order chi connectivity index (χ1) is 10.6. The number of nitrogens with one attached hydrogen (secondary N) is 1. The molecule has 22 heavy (non-hydrogen) atoms. The number of thiophene rings is 1. The van der Waals surface area contributed by atoms with Crippen molar-refractivity contribution in [3.05, 3.63) is 41.5 Å². The average molecular weight is 313 g/mol. The van der Waals surface area contributed by atoms with Gasteiger partial charge in [-0.1, -0.05) is 29.8 Å². The first kappa shape index (κ1) is 14.5. The summed E-state index contributed by atoms with van der Waals surface area (Å²) in [6.07, 6.45) is 1.45. The predicted molar refractivity (Wildman–Crippen MR) is 88.3 cm³/mol. The van der Waals surface area contributed by atoms with E-state index in [4.69, 9.17) is 5.11 Å². The largest absolute Gasteiger partial charge is 0.480 e. The van der Waals surface area contributed by atoms with E-state index in [-0.39, 0.29) is 0 Å². The van der Waals surface area contributed by atoms with Gasteiger partial charge in [-0.15, -0.1) is 11.3 Å². The Labute approximate surface area is 131 Å². The molecule has 0 aliphatic rings. The van der Waals surface area contributed by atoms with Crippen LogP contribution in [0.5, 0.6) is 0 Å². The van der Waals surface area contributed by atoms with Crippen LogP contribution in [0, 0.1) is 6.92 Å². The molecule has 1 atom stereocenters. The summed E-state index contributed by atoms with van der Waals surface area (Å²) in [6, 6.07) is 7.48. The van der Waals surface area contributed by atoms with Gasteiger partial charge in [-0.3, -0.25) is 4.79 Å². The highest BCUT2D eigenvalue weighted by Gasteiger charge is 2.17. The number of nitrogens with zero attached hydrogens (tertiary/aromatic N) is 2. The molecule has 0 aliphatic heterocycles. The van der Waals surface area contributed by atoms with E-state index in [1.54, 1.807) is 6.92 Å². The van der Waals surface area contributed by atoms with Crippen LogP contribution >= 0.6 is 11.3 Å². The second kappa shape index (κ2) is 5.73. The lowest BCUT2D eigenvalue weighted by Gasteiger charge is -2.11. The quantitative estimate of drug-likeness (QED) is 0.770. The predicted octanol–water partition coefficient (Wildman–Crippen LogP) is 3.55. The minimum atomic E-state index is -0.918. The first-order valence-electron chi connectivity index (χ1n) is 6.85. The molecule has 2 aromatic heterocycles. The van der Waals surface area contributed by atoms with Crippen molar-refractivity contribution in [2.45, 2.75) is 19.9 Å². The van der Waals surface area contributed by atoms with Crippen molar-refractivity contribution in [1.82, 2.24) is 9.97 Å². The van der Waals surface area contributed by atoms with E-state index in [2.05, 4.69) is 27.4 Å². The summed E-state index contributed by atoms with van der Waals surface area (Å²) in [5.74, 6) is -0.365. The second-order valence-electron chi connectivity index (χ2n) is 5.12. The third-order valence-electron chi connectivity index (χ3n) is 3.46. The van der Waals surface area contributed by atoms with Gasteiger partial charge >= 0.3 is 5.97 Å². The van der Waals surface area contributed by atoms with Gasteiger partial charge in [0.2, 0.25) is 0 Å². The lowest BCUT2D eigenvalue weighted by molar-refractivity contribution is -0.137. The minimum absolute atomic E-state index is 0.553. The number of carboxylic acids is 1. The fourth-order valence-electron chi connectivity index (χ4n) is 2.20. The van der Waals surface area contributed by atoms with E-state index in [1.807, 2.05) is 24.4 Å². The summed E-state index contributed by atoms with van der Waals surface area (Å²) in [5, 5.41) is 14.9. The number of aryl methyl sites for hydroxylation is 1. The zero-order valence-corrected chi connectivity index (χ0v) is 13.0. The highest BCUT2D eigenvalue weighted by atomic mass is 32.1. The van der Waals surface area contributed by atoms with Crippen LogP contribution in [0.4, 0.5) is 5.82 Å². The molecular weight excluding hydrogens is 298 g/mol. The van der Waals surface area contributed by atoms with Crippen molar-refractivity contribution < 1.29 is 9.90 Å². The molecule has 0 saturated heterocycles. The number of hydrogen-bond donors (Lipinski definition) is 2. The number of rotatable bonds is 4. The molecule has 2 heterocycles. The van der Waals surface area contributed by atoms with Gasteiger partial charge in [0.25, 0.3) is 0 Å². The average Bonchev–Trinajstić information content (AvgIpc) is 2.93. The van der Waals surface area contributed by atoms with Gasteiger partial charge in [0.1, 0.15) is 23.0 Å². The lowest BCUT2D eigenvalue weighted by Crippen LogP contribution is -2.26. The summed E-state index contributed by atoms with van der Waals surface area (Å²) in [7, 11) is 0. The van der Waals surface area contributed by atoms with Crippen molar-refractivity contribution in [3.63, 3.8) is 0 Å². The number of carboxylic acid groups (broad SMARTS) is 1. The fourth-order valence-corrected chi connectivity index (χ4v) is 3.11. The standard InChI is InChI=1S/C16H15N3O2S/c1-9-3-5-11(6-4-9)12-7-22-15-13(12)14(17-8-18-15)19-10(2)16(20)21/h3-8,10H,1-2H3,(H,20,21)(H,17,18,19). The smallest absolute Gasteiger partial charge is 0.325 e. The van der Waals surface area contributed by atoms with Crippen LogP contribution in [0.15, 0.2) is 36.0 Å². The molecule has 0 fully saturated rings. The first-order valence-corrected chi connectivity index (χ1v) is 7.73. The van der Waals surface area contributed by atoms with Crippen molar-refractivity contribution in [1.29, 1.82) is 0 Å². The highest BCUT2D eigenvalue weighted by molar-refractivity contribution is 7.17. The number of carbonyl (C=O) groups is 1. The van der Waals surface area contributed by atoms with Crippen LogP contribution in [0.2, 0.25) is 0 Å². The summed E-state index contributed by atoms with van der Waals surface area (Å²) in [5.41, 5.74) is 3.27. The Morgan fingerprint density at radius 2 is 2.00 bits per heavy atom. The number of aromatic nitrogens is 2. The van der Waals surface area contributed by atoms with Crippen molar-refractivity contribution in [3.8, 4) is 11.1 Å². The van der Waals surface area contributed by atoms with Gasteiger partial charge in [0.05, 0.1) is 5.39 Å². The lowest BCUT2D eigenvalue weighted by atomic mass is 10.0. The topological polar surface area (TPSA) is 75.1 Å². The Hall–Kier alpha value is -2.47. The molecule has 6 heteroatoms. The van der Waals surface area contributed by atoms with Crippen LogP contribution in [-0.4, -0.2) is 27.1 Å². The molecule has 0 bridgehead atoms. The molecule has 2 N–H and O–H groups in total. The van der Waals surface area contributed by atoms with Crippen molar-refractivity contribution >= 4 is 33.3 Å². The number of aliphatic carboxylic acids is 1. The van der Waals surface area contributed by atoms with E-state index >= 15 is 0 Å². The molecule has 0 spiro atoms. The highest BCUT2D eigenvalue weighted by Crippen LogP contribution is 2.36. The van der Waals surface area contributed by atoms with Gasteiger partial charge in [0.15, 0.2) is 0 Å². The monoisotopic (exact) mass is 313 g/mol. The third-order valence-corrected chi connectivity index (χ3v) is 4.34. The normalized spacial score (nSPS) is 12.3. The van der Waals surface area contributed by atoms with E-state index in [1.165, 1.54) is 23.2 Å². The molecule has 5 nitrogen and oxygen atoms in total. The van der Waals surface area contributed by atoms with Crippen LogP contribution < -0.4 is 5.32 Å². The van der Waals surface area contributed by atoms with Gasteiger partial charge in [0, 0.05) is 10.9 Å². The molecule has 3 aromatic rings. The maximum absolute atomic E-state index is 11.1. The minimum Gasteiger partial charge on any atom is -0.480 e. The Morgan fingerprint density at radius 3 is 2.68 bits per heavy atom. The van der Waals surface area contributed by atoms with Gasteiger partial charge < -0.3 is 10.4 Å². The summed E-state index contributed by atoms with van der Waals surface area (Å²) < 4.78 is 0. The molecule has 112 valence electrons. The number of anilines is 1. The SMILES string of the molecule is Cc1ccc(-c2csc3ncnc(NC(C)C(=O)O)c23)cc1. The van der Waals surface area contributed by atoms with E-state index < -0.39 is 12.0 Å². The molecule has 0 radical (unpaired) electrons. The van der Waals surface area contributed by atoms with E-state index in [0.717, 1.165) is 21.3 Å². The molecule has 1 unspecified atom stereocenters. The number of fused-ring (bicyclic) bond motifs is 1. The van der Waals surface area contributed by atoms with Gasteiger partial charge in [-0.25, -0.2) is 9.97 Å². The molecular formula is C16H15N3O2S. The maximum atomic E-state index is 11.1. The number of benzene rings is 1. The Morgan fingerprint density at radius 1 is 1.27 bits per heavy atom. The molecule has 3 rings (SSSR count). The number of hydrogen-bond acceptors (Lipinski definition) is 5. The molecule has 1 aromatic carbocycles. The van der Waals surface area contributed by atoms with Crippen molar-refractivity contribution in [2.75, 3.05) is 5.32 Å². The summed E-state index contributed by atoms with van der Waals surface area (Å²) >= 11 is 1.52. The third kappa shape index (κ3) is 2.65. The van der Waals surface area contributed by atoms with Crippen LogP contribution in [-0.2, 0) is 4.79 Å². The second-order valence-corrected chi connectivity index (χ2v) is 5.98. The van der Waals surface area contributed by atoms with E-state index in [9.17, 15) is 4.79 Å².